The van der Waals surface area contributed by atoms with Gasteiger partial charge in [-0.15, -0.1) is 0 Å². The van der Waals surface area contributed by atoms with Crippen LogP contribution in [0.1, 0.15) is 30.5 Å². The third-order valence-corrected chi connectivity index (χ3v) is 4.60. The van der Waals surface area contributed by atoms with E-state index < -0.39 is 0 Å². The average molecular weight is 347 g/mol. The third kappa shape index (κ3) is 4.09. The number of rotatable bonds is 4. The zero-order valence-electron chi connectivity index (χ0n) is 14.5. The van der Waals surface area contributed by atoms with E-state index in [1.54, 1.807) is 0 Å². The molecule has 2 heteroatoms. The van der Waals surface area contributed by atoms with E-state index in [4.69, 9.17) is 16.3 Å². The van der Waals surface area contributed by atoms with E-state index in [9.17, 15) is 0 Å². The molecule has 124 valence electrons. The first-order valence-corrected chi connectivity index (χ1v) is 8.73. The van der Waals surface area contributed by atoms with Gasteiger partial charge in [-0.05, 0) is 55.8 Å². The molecule has 0 saturated heterocycles. The van der Waals surface area contributed by atoms with E-state index in [1.807, 2.05) is 54.7 Å². The second-order valence-electron chi connectivity index (χ2n) is 6.52. The van der Waals surface area contributed by atoms with Crippen LogP contribution in [-0.4, -0.2) is 11.9 Å². The Bertz CT molecular complexity index is 888. The molecule has 0 heterocycles. The number of halogens is 1. The number of hydrogen-bond acceptors (Lipinski definition) is 0. The highest BCUT2D eigenvalue weighted by atomic mass is 35.5. The van der Waals surface area contributed by atoms with Crippen molar-refractivity contribution in [1.82, 2.24) is 4.67 Å². The highest BCUT2D eigenvalue weighted by Crippen LogP contribution is 2.27. The van der Waals surface area contributed by atoms with Gasteiger partial charge in [-0.3, -0.25) is 0 Å². The van der Waals surface area contributed by atoms with Crippen molar-refractivity contribution in [3.63, 3.8) is 0 Å². The van der Waals surface area contributed by atoms with E-state index in [0.717, 1.165) is 21.9 Å². The summed E-state index contributed by atoms with van der Waals surface area (Å²) in [6.07, 6.45) is 1.91. The lowest BCUT2D eigenvalue weighted by Crippen LogP contribution is -2.32. The molecule has 0 unspecified atom stereocenters. The summed E-state index contributed by atoms with van der Waals surface area (Å²) in [7, 11) is 0. The van der Waals surface area contributed by atoms with Gasteiger partial charge in [0, 0.05) is 5.02 Å². The van der Waals surface area contributed by atoms with E-state index in [1.165, 1.54) is 5.56 Å². The van der Waals surface area contributed by atoms with Gasteiger partial charge < -0.3 is 0 Å². The van der Waals surface area contributed by atoms with E-state index in [2.05, 4.69) is 50.2 Å². The lowest BCUT2D eigenvalue weighted by Gasteiger charge is -2.20. The summed E-state index contributed by atoms with van der Waals surface area (Å²) in [6, 6.07) is 28.6. The zero-order valence-corrected chi connectivity index (χ0v) is 15.2. The van der Waals surface area contributed by atoms with Crippen molar-refractivity contribution in [2.45, 2.75) is 19.3 Å². The monoisotopic (exact) mass is 346 g/mol. The Hall–Kier alpha value is -2.60. The van der Waals surface area contributed by atoms with Crippen molar-refractivity contribution in [3.05, 3.63) is 107 Å². The van der Waals surface area contributed by atoms with Crippen molar-refractivity contribution < 1.29 is 0 Å². The molecular weight excluding hydrogens is 326 g/mol. The van der Waals surface area contributed by atoms with Gasteiger partial charge in [0.15, 0.2) is 0 Å². The second-order valence-corrected chi connectivity index (χ2v) is 6.95. The smallest absolute Gasteiger partial charge is 0.0952 e. The summed E-state index contributed by atoms with van der Waals surface area (Å²) in [5.41, 5.74) is 4.21. The second kappa shape index (κ2) is 7.53. The molecule has 0 amide bonds. The van der Waals surface area contributed by atoms with Crippen LogP contribution in [0.3, 0.4) is 0 Å². The van der Waals surface area contributed by atoms with Gasteiger partial charge in [-0.25, -0.2) is 0 Å². The molecule has 0 aromatic heterocycles. The first-order chi connectivity index (χ1) is 12.1. The molecule has 0 radical (unpaired) electrons. The van der Waals surface area contributed by atoms with Gasteiger partial charge in [0.05, 0.1) is 16.5 Å². The van der Waals surface area contributed by atoms with Crippen LogP contribution >= 0.6 is 11.6 Å². The molecule has 1 nitrogen and oxygen atoms in total. The topological polar surface area (TPSA) is 14.1 Å². The largest absolute Gasteiger partial charge is 0.320 e. The van der Waals surface area contributed by atoms with Crippen molar-refractivity contribution in [2.75, 3.05) is 0 Å². The summed E-state index contributed by atoms with van der Waals surface area (Å²) >= 11 is 5.97. The molecule has 25 heavy (non-hydrogen) atoms. The summed E-state index contributed by atoms with van der Waals surface area (Å²) in [6.45, 7) is 4.42. The third-order valence-electron chi connectivity index (χ3n) is 4.35. The Labute approximate surface area is 154 Å². The van der Waals surface area contributed by atoms with Crippen LogP contribution in [0.25, 0.3) is 0 Å². The molecular formula is C23H21ClN+. The maximum atomic E-state index is 5.97. The van der Waals surface area contributed by atoms with Crippen molar-refractivity contribution in [3.8, 4) is 0 Å². The summed E-state index contributed by atoms with van der Waals surface area (Å²) in [4.78, 5) is 0. The Kier molecular flexibility index (Phi) is 5.19. The molecule has 0 aliphatic carbocycles. The lowest BCUT2D eigenvalue weighted by molar-refractivity contribution is 0.717. The predicted molar refractivity (Wildman–Crippen MR) is 109 cm³/mol. The molecule has 3 rings (SSSR count). The minimum Gasteiger partial charge on any atom is -0.0952 e. The molecule has 0 atom stereocenters. The van der Waals surface area contributed by atoms with Crippen LogP contribution in [0.4, 0.5) is 0 Å². The molecule has 0 aliphatic heterocycles. The summed E-state index contributed by atoms with van der Waals surface area (Å²) in [5.74, 6) is 0. The molecule has 3 aromatic rings. The van der Waals surface area contributed by atoms with Crippen LogP contribution in [0, 0.1) is 0 Å². The van der Waals surface area contributed by atoms with Gasteiger partial charge in [0.2, 0.25) is 0 Å². The summed E-state index contributed by atoms with van der Waals surface area (Å²) < 4.78 is 4.89. The van der Waals surface area contributed by atoms with E-state index in [0.29, 0.717) is 0 Å². The molecule has 3 aromatic carbocycles. The van der Waals surface area contributed by atoms with Gasteiger partial charge in [-0.1, -0.05) is 64.8 Å². The van der Waals surface area contributed by atoms with Gasteiger partial charge >= 0.3 is 5.71 Å². The molecule has 0 aliphatic rings. The molecule has 0 N–H and O–H groups in total. The molecule has 0 fully saturated rings. The number of benzene rings is 3. The van der Waals surface area contributed by atoms with Crippen LogP contribution < -0.4 is 4.67 Å². The predicted octanol–water partition coefficient (Wildman–Crippen LogP) is 5.29. The maximum Gasteiger partial charge on any atom is 0.320 e. The standard InChI is InChI=1S/C23H21ClN/c1-23(2,20-11-7-4-8-12-20)22(19-9-5-3-6-10-19)25-17-18-13-15-21(24)16-14-18/h3-17H,1-2H3/q+1. The quantitative estimate of drug-likeness (QED) is 0.450. The number of hydrogen-bond donors (Lipinski definition) is 0. The summed E-state index contributed by atoms with van der Waals surface area (Å²) in [5, 5.41) is 0.731. The van der Waals surface area contributed by atoms with Crippen LogP contribution in [0.5, 0.6) is 0 Å². The van der Waals surface area contributed by atoms with Crippen LogP contribution in [-0.2, 0) is 5.41 Å². The molecule has 0 saturated carbocycles. The van der Waals surface area contributed by atoms with Crippen molar-refractivity contribution in [2.24, 2.45) is 0 Å². The fourth-order valence-electron chi connectivity index (χ4n) is 2.87. The van der Waals surface area contributed by atoms with E-state index >= 15 is 0 Å². The zero-order chi connectivity index (χ0) is 17.7. The Morgan fingerprint density at radius 3 is 1.96 bits per heavy atom. The Morgan fingerprint density at radius 1 is 0.800 bits per heavy atom. The number of nitrogens with zero attached hydrogens (tertiary/aromatic N) is 1. The highest BCUT2D eigenvalue weighted by molar-refractivity contribution is 6.30. The molecule has 0 spiro atoms. The fraction of sp³-hybridized carbons (Fsp3) is 0.130. The molecule has 0 bridgehead atoms. The fourth-order valence-corrected chi connectivity index (χ4v) is 3.00. The van der Waals surface area contributed by atoms with Gasteiger partial charge in [-0.2, -0.15) is 0 Å². The van der Waals surface area contributed by atoms with Gasteiger partial charge in [0.1, 0.15) is 0 Å². The minimum absolute atomic E-state index is 0.217. The SMILES string of the molecule is CC(C)(C(=[N+]=Cc1ccc(Cl)cc1)c1ccccc1)c1ccccc1. The minimum atomic E-state index is -0.217. The lowest BCUT2D eigenvalue weighted by atomic mass is 9.77. The highest BCUT2D eigenvalue weighted by Gasteiger charge is 2.36. The average Bonchev–Trinajstić information content (AvgIpc) is 2.65. The van der Waals surface area contributed by atoms with Crippen molar-refractivity contribution in [1.29, 1.82) is 0 Å². The Balaban J connectivity index is 2.13. The first-order valence-electron chi connectivity index (χ1n) is 8.35. The van der Waals surface area contributed by atoms with Gasteiger partial charge in [0.25, 0.3) is 6.21 Å². The Morgan fingerprint density at radius 2 is 1.36 bits per heavy atom. The normalized spacial score (nSPS) is 10.8. The van der Waals surface area contributed by atoms with Crippen molar-refractivity contribution >= 4 is 23.5 Å². The van der Waals surface area contributed by atoms with Crippen LogP contribution in [0.2, 0.25) is 5.02 Å². The van der Waals surface area contributed by atoms with E-state index in [-0.39, 0.29) is 5.41 Å². The van der Waals surface area contributed by atoms with Crippen LogP contribution in [0.15, 0.2) is 84.9 Å². The maximum absolute atomic E-state index is 5.97. The first kappa shape index (κ1) is 17.2.